The molecule has 15 heavy (non-hydrogen) atoms. The highest BCUT2D eigenvalue weighted by atomic mass is 13.9. The molecular weight excluding hydrogens is 180 g/mol. The molecular formula is C15H18. The summed E-state index contributed by atoms with van der Waals surface area (Å²) in [5.41, 5.74) is 1.21. The first-order chi connectivity index (χ1) is 7.35. The second-order valence-electron chi connectivity index (χ2n) is 2.82. The van der Waals surface area contributed by atoms with Gasteiger partial charge in [0.25, 0.3) is 0 Å². The summed E-state index contributed by atoms with van der Waals surface area (Å²) in [6, 6.07) is 0. The lowest BCUT2D eigenvalue weighted by Crippen LogP contribution is -1.74. The van der Waals surface area contributed by atoms with E-state index in [-0.39, 0.29) is 0 Å². The Labute approximate surface area is 93.0 Å². The smallest absolute Gasteiger partial charge is 0.00943 e. The van der Waals surface area contributed by atoms with Crippen molar-refractivity contribution in [3.63, 3.8) is 0 Å². The van der Waals surface area contributed by atoms with Crippen LogP contribution < -0.4 is 0 Å². The van der Waals surface area contributed by atoms with Gasteiger partial charge >= 0.3 is 0 Å². The van der Waals surface area contributed by atoms with Gasteiger partial charge in [0.05, 0.1) is 0 Å². The number of hydrogen-bond donors (Lipinski definition) is 0. The van der Waals surface area contributed by atoms with Crippen LogP contribution >= 0.6 is 0 Å². The second-order valence-corrected chi connectivity index (χ2v) is 2.82. The van der Waals surface area contributed by atoms with Crippen LogP contribution in [0.15, 0.2) is 86.1 Å². The molecule has 0 fully saturated rings. The summed E-state index contributed by atoms with van der Waals surface area (Å²) in [6.07, 6.45) is 20.1. The molecule has 0 N–H and O–H groups in total. The van der Waals surface area contributed by atoms with Gasteiger partial charge in [0.2, 0.25) is 0 Å². The summed E-state index contributed by atoms with van der Waals surface area (Å²) in [6.45, 7) is 10.9. The molecule has 0 amide bonds. The third kappa shape index (κ3) is 8.51. The van der Waals surface area contributed by atoms with Crippen molar-refractivity contribution in [2.75, 3.05) is 0 Å². The Bertz CT molecular complexity index is 309. The van der Waals surface area contributed by atoms with E-state index in [1.807, 2.05) is 30.4 Å². The molecule has 0 aromatic carbocycles. The fourth-order valence-corrected chi connectivity index (χ4v) is 0.941. The highest BCUT2D eigenvalue weighted by Gasteiger charge is 1.85. The third-order valence-corrected chi connectivity index (χ3v) is 1.63. The summed E-state index contributed by atoms with van der Waals surface area (Å²) < 4.78 is 0. The van der Waals surface area contributed by atoms with E-state index >= 15 is 0 Å². The van der Waals surface area contributed by atoms with Gasteiger partial charge in [0.1, 0.15) is 0 Å². The lowest BCUT2D eigenvalue weighted by Gasteiger charge is -1.94. The number of hydrogen-bond acceptors (Lipinski definition) is 0. The molecule has 0 atom stereocenters. The van der Waals surface area contributed by atoms with Crippen LogP contribution in [0, 0.1) is 0 Å². The molecule has 0 rings (SSSR count). The first kappa shape index (κ1) is 13.2. The van der Waals surface area contributed by atoms with E-state index in [0.29, 0.717) is 0 Å². The van der Waals surface area contributed by atoms with E-state index < -0.39 is 0 Å². The Morgan fingerprint density at radius 3 is 2.07 bits per heavy atom. The molecule has 0 aliphatic rings. The molecule has 0 bridgehead atoms. The molecule has 0 spiro atoms. The number of allylic oxidation sites excluding steroid dienone is 11. The van der Waals surface area contributed by atoms with Gasteiger partial charge in [-0.05, 0) is 12.0 Å². The lowest BCUT2D eigenvalue weighted by molar-refractivity contribution is 1.29. The summed E-state index contributed by atoms with van der Waals surface area (Å²) in [7, 11) is 0. The van der Waals surface area contributed by atoms with Gasteiger partial charge < -0.3 is 0 Å². The molecule has 0 aliphatic carbocycles. The molecule has 0 heterocycles. The van der Waals surface area contributed by atoms with Gasteiger partial charge in [-0.15, -0.1) is 0 Å². The topological polar surface area (TPSA) is 0 Å². The van der Waals surface area contributed by atoms with Gasteiger partial charge in [-0.2, -0.15) is 0 Å². The average molecular weight is 198 g/mol. The van der Waals surface area contributed by atoms with Crippen molar-refractivity contribution in [2.24, 2.45) is 0 Å². The van der Waals surface area contributed by atoms with Crippen molar-refractivity contribution in [1.29, 1.82) is 0 Å². The summed E-state index contributed by atoms with van der Waals surface area (Å²) in [5.74, 6) is 0. The van der Waals surface area contributed by atoms with Crippen LogP contribution in [0.2, 0.25) is 0 Å². The summed E-state index contributed by atoms with van der Waals surface area (Å²) in [5, 5.41) is 0. The van der Waals surface area contributed by atoms with E-state index in [1.54, 1.807) is 18.2 Å². The molecule has 0 unspecified atom stereocenters. The molecule has 0 saturated carbocycles. The Morgan fingerprint density at radius 2 is 1.47 bits per heavy atom. The Morgan fingerprint density at radius 1 is 0.800 bits per heavy atom. The first-order valence-electron chi connectivity index (χ1n) is 4.90. The van der Waals surface area contributed by atoms with Gasteiger partial charge in [0.15, 0.2) is 0 Å². The van der Waals surface area contributed by atoms with Crippen LogP contribution in [-0.2, 0) is 0 Å². The van der Waals surface area contributed by atoms with E-state index in [2.05, 4.69) is 31.9 Å². The van der Waals surface area contributed by atoms with E-state index in [0.717, 1.165) is 6.42 Å². The van der Waals surface area contributed by atoms with Crippen LogP contribution in [0.25, 0.3) is 0 Å². The predicted octanol–water partition coefficient (Wildman–Crippen LogP) is 4.53. The monoisotopic (exact) mass is 198 g/mol. The molecule has 0 aromatic rings. The molecule has 0 saturated heterocycles. The molecule has 0 nitrogen and oxygen atoms in total. The summed E-state index contributed by atoms with van der Waals surface area (Å²) in [4.78, 5) is 0. The summed E-state index contributed by atoms with van der Waals surface area (Å²) >= 11 is 0. The normalized spacial score (nSPS) is 12.7. The van der Waals surface area contributed by atoms with Crippen molar-refractivity contribution in [2.45, 2.75) is 6.42 Å². The maximum Gasteiger partial charge on any atom is -0.00943 e. The van der Waals surface area contributed by atoms with Crippen molar-refractivity contribution in [3.8, 4) is 0 Å². The Hall–Kier alpha value is -1.82. The standard InChI is InChI=1S/C15H18/c1-4-7-10-13-15(12-9-6-3)14-11-8-5-2/h4-13H,1-3,14H2. The first-order valence-corrected chi connectivity index (χ1v) is 4.90. The zero-order valence-electron chi connectivity index (χ0n) is 9.10. The molecule has 78 valence electrons. The van der Waals surface area contributed by atoms with Gasteiger partial charge in [-0.3, -0.25) is 0 Å². The van der Waals surface area contributed by atoms with Gasteiger partial charge in [0, 0.05) is 0 Å². The minimum Gasteiger partial charge on any atom is -0.0991 e. The Balaban J connectivity index is 4.48. The van der Waals surface area contributed by atoms with Gasteiger partial charge in [-0.25, -0.2) is 0 Å². The van der Waals surface area contributed by atoms with E-state index in [4.69, 9.17) is 0 Å². The third-order valence-electron chi connectivity index (χ3n) is 1.63. The zero-order chi connectivity index (χ0) is 11.4. The van der Waals surface area contributed by atoms with Crippen LogP contribution in [0.1, 0.15) is 6.42 Å². The quantitative estimate of drug-likeness (QED) is 0.527. The average Bonchev–Trinajstić information content (AvgIpc) is 2.25. The number of rotatable bonds is 7. The highest BCUT2D eigenvalue weighted by Crippen LogP contribution is 2.05. The maximum atomic E-state index is 3.64. The molecule has 0 aromatic heterocycles. The Kier molecular flexibility index (Phi) is 9.02. The minimum absolute atomic E-state index is 0.887. The lowest BCUT2D eigenvalue weighted by atomic mass is 10.1. The van der Waals surface area contributed by atoms with Gasteiger partial charge in [-0.1, -0.05) is 80.5 Å². The van der Waals surface area contributed by atoms with Crippen molar-refractivity contribution in [1.82, 2.24) is 0 Å². The second kappa shape index (κ2) is 10.3. The van der Waals surface area contributed by atoms with Crippen LogP contribution in [0.3, 0.4) is 0 Å². The van der Waals surface area contributed by atoms with Crippen LogP contribution in [-0.4, -0.2) is 0 Å². The minimum atomic E-state index is 0.887. The van der Waals surface area contributed by atoms with Crippen molar-refractivity contribution < 1.29 is 0 Å². The zero-order valence-corrected chi connectivity index (χ0v) is 9.10. The fourth-order valence-electron chi connectivity index (χ4n) is 0.941. The van der Waals surface area contributed by atoms with Crippen molar-refractivity contribution in [3.05, 3.63) is 86.1 Å². The predicted molar refractivity (Wildman–Crippen MR) is 70.7 cm³/mol. The highest BCUT2D eigenvalue weighted by molar-refractivity contribution is 5.29. The van der Waals surface area contributed by atoms with Crippen molar-refractivity contribution >= 4 is 0 Å². The SMILES string of the molecule is C=CC=CC=C(C=CC=C)CC=CC=C. The maximum absolute atomic E-state index is 3.64. The van der Waals surface area contributed by atoms with Crippen LogP contribution in [0.5, 0.6) is 0 Å². The largest absolute Gasteiger partial charge is 0.0991 e. The molecule has 0 radical (unpaired) electrons. The molecule has 0 heteroatoms. The van der Waals surface area contributed by atoms with E-state index in [9.17, 15) is 0 Å². The van der Waals surface area contributed by atoms with E-state index in [1.165, 1.54) is 5.57 Å². The van der Waals surface area contributed by atoms with Crippen LogP contribution in [0.4, 0.5) is 0 Å². The molecule has 0 aliphatic heterocycles. The fraction of sp³-hybridized carbons (Fsp3) is 0.0667.